The number of halogens is 1. The number of hydrogen-bond acceptors (Lipinski definition) is 9. The average Bonchev–Trinajstić information content (AvgIpc) is 3.67. The molecular weight excluding hydrogens is 486 g/mol. The topological polar surface area (TPSA) is 132 Å². The van der Waals surface area contributed by atoms with Gasteiger partial charge in [0, 0.05) is 30.6 Å². The number of fused-ring (bicyclic) bond motifs is 3. The minimum Gasteiger partial charge on any atom is -0.456 e. The van der Waals surface area contributed by atoms with Crippen LogP contribution in [0.15, 0.2) is 30.7 Å². The van der Waals surface area contributed by atoms with Gasteiger partial charge in [-0.25, -0.2) is 4.98 Å². The van der Waals surface area contributed by atoms with Gasteiger partial charge in [0.05, 0.1) is 41.7 Å². The van der Waals surface area contributed by atoms with Gasteiger partial charge in [-0.2, -0.15) is 10.1 Å². The number of nitrogens with one attached hydrogen (secondary N) is 2. The van der Waals surface area contributed by atoms with Crippen molar-refractivity contribution in [2.24, 2.45) is 7.05 Å². The summed E-state index contributed by atoms with van der Waals surface area (Å²) in [6.45, 7) is 0.562. The lowest BCUT2D eigenvalue weighted by Crippen LogP contribution is -2.34. The largest absolute Gasteiger partial charge is 0.456 e. The third-order valence-electron chi connectivity index (χ3n) is 7.03. The second kappa shape index (κ2) is 8.41. The maximum absolute atomic E-state index is 9.94. The van der Waals surface area contributed by atoms with E-state index in [0.717, 1.165) is 29.7 Å². The Morgan fingerprint density at radius 1 is 1.17 bits per heavy atom. The van der Waals surface area contributed by atoms with Gasteiger partial charge in [-0.15, -0.1) is 0 Å². The molecule has 4 aromatic heterocycles. The van der Waals surface area contributed by atoms with Crippen LogP contribution in [0, 0.1) is 0 Å². The fourth-order valence-electron chi connectivity index (χ4n) is 5.25. The van der Waals surface area contributed by atoms with Crippen molar-refractivity contribution >= 4 is 28.6 Å². The molecule has 12 heteroatoms. The first-order chi connectivity index (χ1) is 17.5. The molecule has 36 heavy (non-hydrogen) atoms. The van der Waals surface area contributed by atoms with Crippen LogP contribution in [0.25, 0.3) is 22.3 Å². The van der Waals surface area contributed by atoms with Crippen molar-refractivity contribution in [1.82, 2.24) is 29.7 Å². The molecule has 0 spiro atoms. The van der Waals surface area contributed by atoms with Gasteiger partial charge in [0.25, 0.3) is 6.01 Å². The van der Waals surface area contributed by atoms with Gasteiger partial charge in [0.15, 0.2) is 11.8 Å². The molecule has 186 valence electrons. The van der Waals surface area contributed by atoms with Gasteiger partial charge in [0.1, 0.15) is 24.1 Å². The van der Waals surface area contributed by atoms with Crippen LogP contribution in [-0.4, -0.2) is 72.5 Å². The summed E-state index contributed by atoms with van der Waals surface area (Å²) < 4.78 is 19.0. The predicted octanol–water partition coefficient (Wildman–Crippen LogP) is 2.41. The Morgan fingerprint density at radius 2 is 2.06 bits per heavy atom. The summed E-state index contributed by atoms with van der Waals surface area (Å²) in [6, 6.07) is 4.27. The molecule has 0 bridgehead atoms. The molecule has 1 aliphatic carbocycles. The molecule has 0 radical (unpaired) electrons. The van der Waals surface area contributed by atoms with Crippen LogP contribution in [0.5, 0.6) is 6.01 Å². The molecule has 4 aromatic rings. The van der Waals surface area contributed by atoms with E-state index in [1.165, 1.54) is 5.56 Å². The smallest absolute Gasteiger partial charge is 0.296 e. The second-order valence-electron chi connectivity index (χ2n) is 9.46. The summed E-state index contributed by atoms with van der Waals surface area (Å²) in [5.41, 5.74) is 5.46. The van der Waals surface area contributed by atoms with E-state index in [0.29, 0.717) is 34.6 Å². The molecule has 3 aliphatic rings. The number of aromatic nitrogens is 6. The van der Waals surface area contributed by atoms with E-state index < -0.39 is 6.10 Å². The van der Waals surface area contributed by atoms with Crippen molar-refractivity contribution < 1.29 is 19.3 Å². The van der Waals surface area contributed by atoms with E-state index >= 15 is 0 Å². The molecule has 0 aromatic carbocycles. The summed E-state index contributed by atoms with van der Waals surface area (Å²) in [5, 5.41) is 18.1. The van der Waals surface area contributed by atoms with Gasteiger partial charge in [-0.05, 0) is 30.5 Å². The quantitative estimate of drug-likeness (QED) is 0.371. The zero-order valence-electron chi connectivity index (χ0n) is 19.4. The number of aryl methyl sites for hydroxylation is 2. The number of aliphatic hydroxyl groups is 1. The zero-order chi connectivity index (χ0) is 24.4. The number of rotatable bonds is 5. The Kier molecular flexibility index (Phi) is 5.14. The van der Waals surface area contributed by atoms with Crippen molar-refractivity contribution in [2.75, 3.05) is 18.5 Å². The number of aliphatic hydroxyl groups excluding tert-OH is 1. The van der Waals surface area contributed by atoms with Crippen LogP contribution in [-0.2, 0) is 22.9 Å². The van der Waals surface area contributed by atoms with Gasteiger partial charge in [-0.1, -0.05) is 11.6 Å². The number of H-pyrrole nitrogens is 1. The van der Waals surface area contributed by atoms with E-state index in [4.69, 9.17) is 30.8 Å². The molecule has 2 saturated heterocycles. The number of anilines is 1. The lowest BCUT2D eigenvalue weighted by atomic mass is 10.1. The highest BCUT2D eigenvalue weighted by molar-refractivity contribution is 6.33. The highest BCUT2D eigenvalue weighted by atomic mass is 35.5. The molecule has 0 amide bonds. The van der Waals surface area contributed by atoms with Crippen LogP contribution in [0.4, 0.5) is 5.82 Å². The standard InChI is InChI=1S/C24H24ClN7O4/c1-32-8-13(7-27-32)12-4-11-2-3-15(19(11)26-6-12)28-22-14(25)5-16-23(30-22)31-24(29-16)36-18-10-35-20-17(33)9-34-21(18)20/h4-8,15,17-18,20-21,33H,2-3,9-10H2,1H3,(H2,28,29,30,31)/t15?,17-,18-,20-,21-/m1/s1. The second-order valence-corrected chi connectivity index (χ2v) is 9.87. The summed E-state index contributed by atoms with van der Waals surface area (Å²) in [6.07, 6.45) is 5.83. The van der Waals surface area contributed by atoms with Crippen molar-refractivity contribution in [3.05, 3.63) is 47.0 Å². The number of hydrogen-bond donors (Lipinski definition) is 3. The molecule has 2 aliphatic heterocycles. The lowest BCUT2D eigenvalue weighted by molar-refractivity contribution is 0.00706. The molecule has 3 N–H and O–H groups in total. The molecular formula is C24H24ClN7O4. The van der Waals surface area contributed by atoms with E-state index in [2.05, 4.69) is 31.4 Å². The summed E-state index contributed by atoms with van der Waals surface area (Å²) in [4.78, 5) is 17.0. The number of aromatic amines is 1. The maximum atomic E-state index is 9.94. The summed E-state index contributed by atoms with van der Waals surface area (Å²) in [5.74, 6) is 0.546. The fraction of sp³-hybridized carbons (Fsp3) is 0.417. The number of imidazole rings is 1. The van der Waals surface area contributed by atoms with Gasteiger partial charge < -0.3 is 29.6 Å². The van der Waals surface area contributed by atoms with Crippen molar-refractivity contribution in [1.29, 1.82) is 0 Å². The average molecular weight is 510 g/mol. The monoisotopic (exact) mass is 509 g/mol. The fourth-order valence-corrected chi connectivity index (χ4v) is 5.45. The molecule has 1 unspecified atom stereocenters. The van der Waals surface area contributed by atoms with Crippen molar-refractivity contribution in [3.63, 3.8) is 0 Å². The normalized spacial score (nSPS) is 26.9. The number of pyridine rings is 2. The van der Waals surface area contributed by atoms with Gasteiger partial charge in [-0.3, -0.25) is 9.67 Å². The first-order valence-corrected chi connectivity index (χ1v) is 12.3. The Morgan fingerprint density at radius 3 is 2.92 bits per heavy atom. The van der Waals surface area contributed by atoms with Gasteiger partial charge >= 0.3 is 0 Å². The van der Waals surface area contributed by atoms with E-state index in [9.17, 15) is 5.11 Å². The van der Waals surface area contributed by atoms with E-state index in [1.54, 1.807) is 10.7 Å². The first-order valence-electron chi connectivity index (χ1n) is 11.9. The lowest BCUT2D eigenvalue weighted by Gasteiger charge is -2.15. The van der Waals surface area contributed by atoms with E-state index in [1.807, 2.05) is 25.6 Å². The molecule has 6 heterocycles. The Bertz CT molecular complexity index is 1460. The molecule has 11 nitrogen and oxygen atoms in total. The molecule has 0 saturated carbocycles. The minimum atomic E-state index is -0.634. The van der Waals surface area contributed by atoms with Crippen LogP contribution >= 0.6 is 11.6 Å². The predicted molar refractivity (Wildman–Crippen MR) is 130 cm³/mol. The zero-order valence-corrected chi connectivity index (χ0v) is 20.1. The van der Waals surface area contributed by atoms with Crippen molar-refractivity contribution in [3.8, 4) is 17.1 Å². The maximum Gasteiger partial charge on any atom is 0.296 e. The summed E-state index contributed by atoms with van der Waals surface area (Å²) >= 11 is 6.57. The van der Waals surface area contributed by atoms with Crippen LogP contribution in [0.3, 0.4) is 0 Å². The number of ether oxygens (including phenoxy) is 3. The molecule has 5 atom stereocenters. The Hall–Kier alpha value is -3.25. The molecule has 2 fully saturated rings. The summed E-state index contributed by atoms with van der Waals surface area (Å²) in [7, 11) is 1.90. The van der Waals surface area contributed by atoms with Crippen LogP contribution in [0.2, 0.25) is 5.02 Å². The van der Waals surface area contributed by atoms with E-state index in [-0.39, 0.29) is 31.0 Å². The van der Waals surface area contributed by atoms with Crippen LogP contribution in [0.1, 0.15) is 23.7 Å². The third-order valence-corrected chi connectivity index (χ3v) is 7.32. The van der Waals surface area contributed by atoms with Crippen molar-refractivity contribution in [2.45, 2.75) is 43.3 Å². The van der Waals surface area contributed by atoms with Gasteiger partial charge in [0.2, 0.25) is 0 Å². The Labute approximate surface area is 210 Å². The van der Waals surface area contributed by atoms with Crippen LogP contribution < -0.4 is 10.1 Å². The number of nitrogens with zero attached hydrogens (tertiary/aromatic N) is 5. The highest BCUT2D eigenvalue weighted by Crippen LogP contribution is 2.37. The SMILES string of the molecule is Cn1cc(-c2cnc3c(c2)CCC3Nc2nc3nc(O[C@@H]4CO[C@H]5[C@@H]4OC[C@H]5O)[nH]c3cc2Cl)cn1. The highest BCUT2D eigenvalue weighted by Gasteiger charge is 2.48. The Balaban J connectivity index is 1.10. The minimum absolute atomic E-state index is 0.00132. The first kappa shape index (κ1) is 22.0. The molecule has 7 rings (SSSR count). The third kappa shape index (κ3) is 3.70.